The van der Waals surface area contributed by atoms with Crippen LogP contribution in [-0.2, 0) is 17.0 Å². The zero-order chi connectivity index (χ0) is 22.7. The van der Waals surface area contributed by atoms with Crippen molar-refractivity contribution in [2.75, 3.05) is 6.61 Å². The minimum atomic E-state index is -0.511. The van der Waals surface area contributed by atoms with E-state index >= 15 is 0 Å². The van der Waals surface area contributed by atoms with E-state index in [1.165, 1.54) is 23.9 Å². The highest BCUT2D eigenvalue weighted by molar-refractivity contribution is 7.98. The fourth-order valence-corrected chi connectivity index (χ4v) is 4.83. The first-order valence-corrected chi connectivity index (χ1v) is 11.7. The Kier molecular flexibility index (Phi) is 7.04. The monoisotopic (exact) mass is 488 g/mol. The van der Waals surface area contributed by atoms with E-state index in [-0.39, 0.29) is 11.0 Å². The normalized spacial score (nSPS) is 11.1. The largest absolute Gasteiger partial charge is 0.462 e. The molecule has 0 amide bonds. The molecule has 0 aliphatic carbocycles. The second kappa shape index (κ2) is 9.94. The Hall–Kier alpha value is -2.54. The Balaban J connectivity index is 1.71. The van der Waals surface area contributed by atoms with Crippen molar-refractivity contribution in [3.63, 3.8) is 0 Å². The highest BCUT2D eigenvalue weighted by Gasteiger charge is 2.16. The number of hydrogen-bond donors (Lipinski definition) is 0. The number of fused-ring (bicyclic) bond motifs is 1. The maximum absolute atomic E-state index is 13.9. The fraction of sp³-hybridized carbons (Fsp3) is 0.167. The number of carbonyl (C=O) groups is 1. The van der Waals surface area contributed by atoms with E-state index in [1.807, 2.05) is 36.4 Å². The molecule has 0 saturated carbocycles. The molecule has 32 heavy (non-hydrogen) atoms. The standard InChI is InChI=1S/C24H19Cl2FN2O2S/c1-2-31-23(30)16-8-9-22-21(11-16)28-24(29(22)13-15-6-4-3-5-7-15)32-14-17-10-20(27)19(26)12-18(17)25/h3-12H,2,13-14H2,1H3. The van der Waals surface area contributed by atoms with Crippen molar-refractivity contribution >= 4 is 52.0 Å². The maximum Gasteiger partial charge on any atom is 0.338 e. The third kappa shape index (κ3) is 4.93. The van der Waals surface area contributed by atoms with Crippen molar-refractivity contribution in [2.24, 2.45) is 0 Å². The number of rotatable bonds is 7. The van der Waals surface area contributed by atoms with Crippen molar-refractivity contribution in [3.8, 4) is 0 Å². The van der Waals surface area contributed by atoms with Crippen LogP contribution in [0.25, 0.3) is 11.0 Å². The molecule has 0 radical (unpaired) electrons. The zero-order valence-electron chi connectivity index (χ0n) is 17.1. The van der Waals surface area contributed by atoms with Crippen molar-refractivity contribution < 1.29 is 13.9 Å². The molecule has 0 fully saturated rings. The molecule has 4 rings (SSSR count). The van der Waals surface area contributed by atoms with Gasteiger partial charge in [-0.3, -0.25) is 0 Å². The number of benzene rings is 3. The van der Waals surface area contributed by atoms with Gasteiger partial charge in [0.2, 0.25) is 0 Å². The Morgan fingerprint density at radius 1 is 1.09 bits per heavy atom. The molecule has 0 bridgehead atoms. The van der Waals surface area contributed by atoms with Gasteiger partial charge in [-0.1, -0.05) is 65.3 Å². The minimum absolute atomic E-state index is 0.00781. The molecule has 0 spiro atoms. The van der Waals surface area contributed by atoms with Crippen LogP contribution < -0.4 is 0 Å². The van der Waals surface area contributed by atoms with E-state index < -0.39 is 5.82 Å². The number of thioether (sulfide) groups is 1. The number of halogens is 3. The number of esters is 1. The number of imidazole rings is 1. The molecule has 0 atom stereocenters. The molecule has 4 aromatic rings. The minimum Gasteiger partial charge on any atom is -0.462 e. The molecular weight excluding hydrogens is 470 g/mol. The summed E-state index contributed by atoms with van der Waals surface area (Å²) in [6.45, 7) is 2.67. The molecule has 1 heterocycles. The number of carbonyl (C=O) groups excluding carboxylic acids is 1. The van der Waals surface area contributed by atoms with E-state index in [1.54, 1.807) is 19.1 Å². The molecule has 0 aliphatic rings. The maximum atomic E-state index is 13.9. The summed E-state index contributed by atoms with van der Waals surface area (Å²) in [6.07, 6.45) is 0. The van der Waals surface area contributed by atoms with Gasteiger partial charge in [0.15, 0.2) is 5.16 Å². The SMILES string of the molecule is CCOC(=O)c1ccc2c(c1)nc(SCc1cc(F)c(Cl)cc1Cl)n2Cc1ccccc1. The van der Waals surface area contributed by atoms with Crippen LogP contribution in [0.3, 0.4) is 0 Å². The molecule has 0 N–H and O–H groups in total. The lowest BCUT2D eigenvalue weighted by Crippen LogP contribution is -2.04. The van der Waals surface area contributed by atoms with E-state index in [4.69, 9.17) is 32.9 Å². The quantitative estimate of drug-likeness (QED) is 0.159. The Morgan fingerprint density at radius 3 is 2.62 bits per heavy atom. The van der Waals surface area contributed by atoms with Gasteiger partial charge in [-0.05, 0) is 48.4 Å². The molecule has 0 aliphatic heterocycles. The summed E-state index contributed by atoms with van der Waals surface area (Å²) in [4.78, 5) is 16.9. The van der Waals surface area contributed by atoms with Crippen LogP contribution in [0.4, 0.5) is 4.39 Å². The van der Waals surface area contributed by atoms with Crippen molar-refractivity contribution in [1.82, 2.24) is 9.55 Å². The summed E-state index contributed by atoms with van der Waals surface area (Å²) in [6, 6.07) is 18.1. The summed E-state index contributed by atoms with van der Waals surface area (Å²) in [5, 5.41) is 1.13. The van der Waals surface area contributed by atoms with Crippen LogP contribution in [0, 0.1) is 5.82 Å². The lowest BCUT2D eigenvalue weighted by atomic mass is 10.2. The van der Waals surface area contributed by atoms with Crippen LogP contribution in [0.5, 0.6) is 0 Å². The second-order valence-corrected chi connectivity index (χ2v) is 8.79. The van der Waals surface area contributed by atoms with E-state index in [2.05, 4.69) is 4.57 Å². The van der Waals surface area contributed by atoms with Crippen molar-refractivity contribution in [3.05, 3.63) is 93.2 Å². The smallest absolute Gasteiger partial charge is 0.338 e. The molecule has 1 aromatic heterocycles. The summed E-state index contributed by atoms with van der Waals surface area (Å²) in [5.74, 6) is -0.483. The van der Waals surface area contributed by atoms with E-state index in [0.29, 0.717) is 40.6 Å². The van der Waals surface area contributed by atoms with Crippen LogP contribution >= 0.6 is 35.0 Å². The summed E-state index contributed by atoms with van der Waals surface area (Å²) < 4.78 is 21.1. The lowest BCUT2D eigenvalue weighted by Gasteiger charge is -2.10. The first-order valence-electron chi connectivity index (χ1n) is 9.93. The predicted molar refractivity (Wildman–Crippen MR) is 127 cm³/mol. The summed E-state index contributed by atoms with van der Waals surface area (Å²) >= 11 is 13.5. The van der Waals surface area contributed by atoms with Gasteiger partial charge in [0.05, 0.1) is 34.8 Å². The average molecular weight is 489 g/mol. The zero-order valence-corrected chi connectivity index (χ0v) is 19.5. The summed E-state index contributed by atoms with van der Waals surface area (Å²) in [5.41, 5.74) is 3.76. The molecule has 4 nitrogen and oxygen atoms in total. The third-order valence-corrected chi connectivity index (χ3v) is 6.52. The Morgan fingerprint density at radius 2 is 1.88 bits per heavy atom. The lowest BCUT2D eigenvalue weighted by molar-refractivity contribution is 0.0526. The highest BCUT2D eigenvalue weighted by atomic mass is 35.5. The third-order valence-electron chi connectivity index (χ3n) is 4.85. The summed E-state index contributed by atoms with van der Waals surface area (Å²) in [7, 11) is 0. The molecule has 8 heteroatoms. The average Bonchev–Trinajstić information content (AvgIpc) is 3.12. The van der Waals surface area contributed by atoms with Crippen LogP contribution in [0.1, 0.15) is 28.4 Å². The Bertz CT molecular complexity index is 1280. The van der Waals surface area contributed by atoms with Gasteiger partial charge < -0.3 is 9.30 Å². The van der Waals surface area contributed by atoms with Gasteiger partial charge in [0.1, 0.15) is 5.82 Å². The second-order valence-electron chi connectivity index (χ2n) is 7.04. The number of nitrogens with zero attached hydrogens (tertiary/aromatic N) is 2. The first-order chi connectivity index (χ1) is 15.5. The van der Waals surface area contributed by atoms with Crippen molar-refractivity contribution in [2.45, 2.75) is 24.4 Å². The van der Waals surface area contributed by atoms with E-state index in [9.17, 15) is 9.18 Å². The Labute approximate surface area is 199 Å². The topological polar surface area (TPSA) is 44.1 Å². The van der Waals surface area contributed by atoms with Gasteiger partial charge >= 0.3 is 5.97 Å². The predicted octanol–water partition coefficient (Wildman–Crippen LogP) is 7.00. The number of aromatic nitrogens is 2. The van der Waals surface area contributed by atoms with E-state index in [0.717, 1.165) is 16.2 Å². The van der Waals surface area contributed by atoms with Crippen molar-refractivity contribution in [1.29, 1.82) is 0 Å². The number of hydrogen-bond acceptors (Lipinski definition) is 4. The van der Waals surface area contributed by atoms with Crippen LogP contribution in [0.15, 0.2) is 65.8 Å². The van der Waals surface area contributed by atoms with Gasteiger partial charge in [0, 0.05) is 10.8 Å². The van der Waals surface area contributed by atoms with Gasteiger partial charge in [0.25, 0.3) is 0 Å². The van der Waals surface area contributed by atoms with Gasteiger partial charge in [-0.25, -0.2) is 14.2 Å². The highest BCUT2D eigenvalue weighted by Crippen LogP contribution is 2.32. The van der Waals surface area contributed by atoms with Gasteiger partial charge in [-0.15, -0.1) is 0 Å². The number of ether oxygens (including phenoxy) is 1. The van der Waals surface area contributed by atoms with Crippen LogP contribution in [-0.4, -0.2) is 22.1 Å². The first kappa shape index (κ1) is 22.6. The van der Waals surface area contributed by atoms with Crippen LogP contribution in [0.2, 0.25) is 10.0 Å². The van der Waals surface area contributed by atoms with Gasteiger partial charge in [-0.2, -0.15) is 0 Å². The molecule has 0 unspecified atom stereocenters. The fourth-order valence-electron chi connectivity index (χ4n) is 3.29. The molecule has 0 saturated heterocycles. The molecule has 164 valence electrons. The molecular formula is C24H19Cl2FN2O2S. The molecule has 3 aromatic carbocycles.